The van der Waals surface area contributed by atoms with Crippen LogP contribution in [0.1, 0.15) is 22.6 Å². The minimum absolute atomic E-state index is 0.0581. The Hall–Kier alpha value is -1.41. The van der Waals surface area contributed by atoms with Crippen LogP contribution >= 0.6 is 11.6 Å². The minimum atomic E-state index is -0.549. The number of aryl methyl sites for hydroxylation is 1. The lowest BCUT2D eigenvalue weighted by Crippen LogP contribution is -2.05. The second-order valence-electron chi connectivity index (χ2n) is 4.75. The van der Waals surface area contributed by atoms with Crippen LogP contribution in [0.5, 0.6) is 0 Å². The predicted octanol–water partition coefficient (Wildman–Crippen LogP) is 4.84. The Bertz CT molecular complexity index is 546. The number of benzene rings is 2. The highest BCUT2D eigenvalue weighted by Crippen LogP contribution is 2.24. The molecule has 100 valence electrons. The normalized spacial score (nSPS) is 12.4. The molecule has 2 aromatic rings. The molecule has 0 N–H and O–H groups in total. The summed E-state index contributed by atoms with van der Waals surface area (Å²) in [6.07, 6.45) is 0.529. The molecule has 0 aliphatic heterocycles. The maximum atomic E-state index is 13.2. The SMILES string of the molecule is Cc1cccc(C(CCl)Cc2cc(F)cc(F)c2)c1. The molecule has 0 aliphatic carbocycles. The molecule has 0 nitrogen and oxygen atoms in total. The standard InChI is InChI=1S/C16H15ClF2/c1-11-3-2-4-13(5-11)14(10-17)6-12-7-15(18)9-16(19)8-12/h2-5,7-9,14H,6,10H2,1H3. The van der Waals surface area contributed by atoms with Crippen molar-refractivity contribution < 1.29 is 8.78 Å². The van der Waals surface area contributed by atoms with E-state index in [9.17, 15) is 8.78 Å². The molecule has 1 atom stereocenters. The predicted molar refractivity (Wildman–Crippen MR) is 74.7 cm³/mol. The van der Waals surface area contributed by atoms with Crippen LogP contribution in [0, 0.1) is 18.6 Å². The summed E-state index contributed by atoms with van der Waals surface area (Å²) in [6, 6.07) is 11.6. The van der Waals surface area contributed by atoms with E-state index in [4.69, 9.17) is 11.6 Å². The Morgan fingerprint density at radius 2 is 1.74 bits per heavy atom. The topological polar surface area (TPSA) is 0 Å². The second-order valence-corrected chi connectivity index (χ2v) is 5.06. The van der Waals surface area contributed by atoms with E-state index in [-0.39, 0.29) is 5.92 Å². The highest BCUT2D eigenvalue weighted by molar-refractivity contribution is 6.18. The van der Waals surface area contributed by atoms with Crippen molar-refractivity contribution >= 4 is 11.6 Å². The molecule has 0 saturated heterocycles. The molecule has 0 aromatic heterocycles. The number of halogens is 3. The third kappa shape index (κ3) is 3.77. The summed E-state index contributed by atoms with van der Waals surface area (Å²) in [5.41, 5.74) is 2.88. The first-order valence-corrected chi connectivity index (χ1v) is 6.69. The van der Waals surface area contributed by atoms with Crippen LogP contribution in [0.2, 0.25) is 0 Å². The third-order valence-corrected chi connectivity index (χ3v) is 3.48. The number of rotatable bonds is 4. The fourth-order valence-electron chi connectivity index (χ4n) is 2.20. The first-order chi connectivity index (χ1) is 9.08. The van der Waals surface area contributed by atoms with Crippen LogP contribution in [0.4, 0.5) is 8.78 Å². The minimum Gasteiger partial charge on any atom is -0.207 e. The Kier molecular flexibility index (Phi) is 4.54. The van der Waals surface area contributed by atoms with Crippen molar-refractivity contribution in [3.63, 3.8) is 0 Å². The summed E-state index contributed by atoms with van der Waals surface area (Å²) in [5.74, 6) is -0.621. The van der Waals surface area contributed by atoms with Gasteiger partial charge in [-0.15, -0.1) is 11.6 Å². The van der Waals surface area contributed by atoms with Crippen LogP contribution in [0.25, 0.3) is 0 Å². The van der Waals surface area contributed by atoms with Crippen molar-refractivity contribution in [1.82, 2.24) is 0 Å². The summed E-state index contributed by atoms with van der Waals surface area (Å²) in [7, 11) is 0. The van der Waals surface area contributed by atoms with Gasteiger partial charge in [-0.25, -0.2) is 8.78 Å². The Balaban J connectivity index is 2.23. The van der Waals surface area contributed by atoms with Gasteiger partial charge < -0.3 is 0 Å². The molecule has 0 bridgehead atoms. The van der Waals surface area contributed by atoms with Gasteiger partial charge >= 0.3 is 0 Å². The first-order valence-electron chi connectivity index (χ1n) is 6.16. The van der Waals surface area contributed by atoms with E-state index in [2.05, 4.69) is 6.07 Å². The lowest BCUT2D eigenvalue weighted by molar-refractivity contribution is 0.577. The van der Waals surface area contributed by atoms with Gasteiger partial charge in [-0.1, -0.05) is 29.8 Å². The second kappa shape index (κ2) is 6.16. The zero-order chi connectivity index (χ0) is 13.8. The monoisotopic (exact) mass is 280 g/mol. The maximum absolute atomic E-state index is 13.2. The van der Waals surface area contributed by atoms with Crippen molar-refractivity contribution in [1.29, 1.82) is 0 Å². The lowest BCUT2D eigenvalue weighted by atomic mass is 9.92. The quantitative estimate of drug-likeness (QED) is 0.703. The Morgan fingerprint density at radius 3 is 2.32 bits per heavy atom. The molecule has 1 unspecified atom stereocenters. The summed E-state index contributed by atoms with van der Waals surface area (Å²) in [4.78, 5) is 0. The molecule has 0 amide bonds. The zero-order valence-corrected chi connectivity index (χ0v) is 11.4. The highest BCUT2D eigenvalue weighted by atomic mass is 35.5. The van der Waals surface area contributed by atoms with Gasteiger partial charge in [-0.05, 0) is 36.6 Å². The average molecular weight is 281 g/mol. The van der Waals surface area contributed by atoms with Gasteiger partial charge in [0.05, 0.1) is 0 Å². The Labute approximate surface area is 117 Å². The summed E-state index contributed by atoms with van der Waals surface area (Å²) in [6.45, 7) is 2.01. The van der Waals surface area contributed by atoms with Crippen molar-refractivity contribution in [2.45, 2.75) is 19.3 Å². The molecule has 2 aromatic carbocycles. The summed E-state index contributed by atoms with van der Waals surface area (Å²) >= 11 is 6.00. The molecule has 0 heterocycles. The third-order valence-electron chi connectivity index (χ3n) is 3.10. The van der Waals surface area contributed by atoms with Gasteiger partial charge in [0.15, 0.2) is 0 Å². The van der Waals surface area contributed by atoms with E-state index in [1.54, 1.807) is 0 Å². The molecule has 3 heteroatoms. The van der Waals surface area contributed by atoms with Gasteiger partial charge in [0.25, 0.3) is 0 Å². The maximum Gasteiger partial charge on any atom is 0.126 e. The van der Waals surface area contributed by atoms with Crippen LogP contribution in [-0.4, -0.2) is 5.88 Å². The average Bonchev–Trinajstić information content (AvgIpc) is 2.34. The molecule has 0 fully saturated rings. The van der Waals surface area contributed by atoms with Gasteiger partial charge in [-0.2, -0.15) is 0 Å². The fourth-order valence-corrected chi connectivity index (χ4v) is 2.49. The van der Waals surface area contributed by atoms with E-state index in [0.29, 0.717) is 17.9 Å². The number of alkyl halides is 1. The van der Waals surface area contributed by atoms with E-state index in [0.717, 1.165) is 17.2 Å². The van der Waals surface area contributed by atoms with Crippen molar-refractivity contribution in [2.75, 3.05) is 5.88 Å². The van der Waals surface area contributed by atoms with Crippen molar-refractivity contribution in [3.05, 3.63) is 70.8 Å². The van der Waals surface area contributed by atoms with E-state index in [1.807, 2.05) is 25.1 Å². The zero-order valence-electron chi connectivity index (χ0n) is 10.7. The molecule has 0 radical (unpaired) electrons. The van der Waals surface area contributed by atoms with E-state index < -0.39 is 11.6 Å². The summed E-state index contributed by atoms with van der Waals surface area (Å²) < 4.78 is 26.4. The van der Waals surface area contributed by atoms with E-state index >= 15 is 0 Å². The van der Waals surface area contributed by atoms with Crippen LogP contribution < -0.4 is 0 Å². The molecular weight excluding hydrogens is 266 g/mol. The van der Waals surface area contributed by atoms with Crippen molar-refractivity contribution in [3.8, 4) is 0 Å². The fraction of sp³-hybridized carbons (Fsp3) is 0.250. The molecule has 0 spiro atoms. The van der Waals surface area contributed by atoms with Crippen LogP contribution in [-0.2, 0) is 6.42 Å². The number of hydrogen-bond acceptors (Lipinski definition) is 0. The van der Waals surface area contributed by atoms with Gasteiger partial charge in [0.2, 0.25) is 0 Å². The molecule has 2 rings (SSSR count). The van der Waals surface area contributed by atoms with Gasteiger partial charge in [0.1, 0.15) is 11.6 Å². The smallest absolute Gasteiger partial charge is 0.126 e. The highest BCUT2D eigenvalue weighted by Gasteiger charge is 2.13. The molecular formula is C16H15ClF2. The van der Waals surface area contributed by atoms with Crippen LogP contribution in [0.3, 0.4) is 0 Å². The number of hydrogen-bond donors (Lipinski definition) is 0. The first kappa shape index (κ1) is 14.0. The van der Waals surface area contributed by atoms with Gasteiger partial charge in [-0.3, -0.25) is 0 Å². The Morgan fingerprint density at radius 1 is 1.05 bits per heavy atom. The van der Waals surface area contributed by atoms with Gasteiger partial charge in [0, 0.05) is 17.9 Å². The summed E-state index contributed by atoms with van der Waals surface area (Å²) in [5, 5.41) is 0. The molecule has 0 aliphatic rings. The lowest BCUT2D eigenvalue weighted by Gasteiger charge is -2.15. The molecule has 19 heavy (non-hydrogen) atoms. The van der Waals surface area contributed by atoms with E-state index in [1.165, 1.54) is 12.1 Å². The van der Waals surface area contributed by atoms with Crippen molar-refractivity contribution in [2.24, 2.45) is 0 Å². The largest absolute Gasteiger partial charge is 0.207 e. The molecule has 0 saturated carbocycles. The van der Waals surface area contributed by atoms with Crippen LogP contribution in [0.15, 0.2) is 42.5 Å².